The molecule has 0 spiro atoms. The second-order valence-corrected chi connectivity index (χ2v) is 4.26. The van der Waals surface area contributed by atoms with Gasteiger partial charge in [-0.05, 0) is 24.3 Å². The lowest BCUT2D eigenvalue weighted by molar-refractivity contribution is 0.553. The van der Waals surface area contributed by atoms with Gasteiger partial charge in [0.05, 0.1) is 24.0 Å². The van der Waals surface area contributed by atoms with Gasteiger partial charge in [-0.1, -0.05) is 29.8 Å². The van der Waals surface area contributed by atoms with Gasteiger partial charge in [0.1, 0.15) is 5.15 Å². The molecule has 2 heterocycles. The van der Waals surface area contributed by atoms with Crippen molar-refractivity contribution < 1.29 is 0 Å². The van der Waals surface area contributed by atoms with Crippen LogP contribution in [0.1, 0.15) is 6.92 Å². The standard InChI is InChI=1S/C12H11ClN6/c1-2-18-16-12(15-17-18)10-8-14-19(11(10)13)9-6-4-3-5-7-9/h3-8H,2H2,1H3. The fourth-order valence-electron chi connectivity index (χ4n) is 1.72. The largest absolute Gasteiger partial charge is 0.221 e. The summed E-state index contributed by atoms with van der Waals surface area (Å²) in [5.41, 5.74) is 1.56. The van der Waals surface area contributed by atoms with Crippen LogP contribution in [0, 0.1) is 0 Å². The lowest BCUT2D eigenvalue weighted by Crippen LogP contribution is -1.98. The third-order valence-electron chi connectivity index (χ3n) is 2.69. The highest BCUT2D eigenvalue weighted by molar-refractivity contribution is 6.32. The van der Waals surface area contributed by atoms with E-state index in [2.05, 4.69) is 20.5 Å². The first-order valence-electron chi connectivity index (χ1n) is 5.86. The van der Waals surface area contributed by atoms with Gasteiger partial charge >= 0.3 is 0 Å². The zero-order valence-corrected chi connectivity index (χ0v) is 11.0. The maximum atomic E-state index is 6.33. The van der Waals surface area contributed by atoms with Crippen LogP contribution < -0.4 is 0 Å². The number of benzene rings is 1. The van der Waals surface area contributed by atoms with Crippen molar-refractivity contribution in [2.45, 2.75) is 13.5 Å². The third kappa shape index (κ3) is 2.10. The van der Waals surface area contributed by atoms with E-state index in [0.29, 0.717) is 23.1 Å². The average molecular weight is 275 g/mol. The molecule has 19 heavy (non-hydrogen) atoms. The average Bonchev–Trinajstić information content (AvgIpc) is 3.06. The molecule has 0 fully saturated rings. The minimum absolute atomic E-state index is 0.474. The van der Waals surface area contributed by atoms with Crippen LogP contribution in [-0.2, 0) is 6.54 Å². The molecule has 0 aliphatic heterocycles. The summed E-state index contributed by atoms with van der Waals surface area (Å²) in [5.74, 6) is 0.481. The zero-order valence-electron chi connectivity index (χ0n) is 10.2. The summed E-state index contributed by atoms with van der Waals surface area (Å²) in [6, 6.07) is 9.66. The Morgan fingerprint density at radius 1 is 1.21 bits per heavy atom. The van der Waals surface area contributed by atoms with Crippen LogP contribution in [0.5, 0.6) is 0 Å². The number of hydrogen-bond donors (Lipinski definition) is 0. The van der Waals surface area contributed by atoms with E-state index >= 15 is 0 Å². The highest BCUT2D eigenvalue weighted by Gasteiger charge is 2.15. The lowest BCUT2D eigenvalue weighted by Gasteiger charge is -2.01. The number of rotatable bonds is 3. The highest BCUT2D eigenvalue weighted by atomic mass is 35.5. The number of nitrogens with zero attached hydrogens (tertiary/aromatic N) is 6. The number of aryl methyl sites for hydroxylation is 1. The maximum absolute atomic E-state index is 6.33. The van der Waals surface area contributed by atoms with Gasteiger partial charge in [-0.3, -0.25) is 0 Å². The topological polar surface area (TPSA) is 61.4 Å². The molecule has 3 rings (SSSR count). The molecule has 0 aliphatic rings. The molecule has 96 valence electrons. The lowest BCUT2D eigenvalue weighted by atomic mass is 10.3. The molecule has 2 aromatic heterocycles. The maximum Gasteiger partial charge on any atom is 0.209 e. The smallest absolute Gasteiger partial charge is 0.209 e. The Kier molecular flexibility index (Phi) is 3.00. The molecule has 0 radical (unpaired) electrons. The number of para-hydroxylation sites is 1. The van der Waals surface area contributed by atoms with Crippen LogP contribution in [-0.4, -0.2) is 30.0 Å². The minimum Gasteiger partial charge on any atom is -0.221 e. The summed E-state index contributed by atoms with van der Waals surface area (Å²) in [5, 5.41) is 16.8. The van der Waals surface area contributed by atoms with Crippen LogP contribution in [0.2, 0.25) is 5.15 Å². The van der Waals surface area contributed by atoms with Crippen molar-refractivity contribution in [2.24, 2.45) is 0 Å². The van der Waals surface area contributed by atoms with Crippen molar-refractivity contribution >= 4 is 11.6 Å². The van der Waals surface area contributed by atoms with Crippen LogP contribution in [0.15, 0.2) is 36.5 Å². The summed E-state index contributed by atoms with van der Waals surface area (Å²) in [6.07, 6.45) is 1.65. The van der Waals surface area contributed by atoms with Gasteiger partial charge < -0.3 is 0 Å². The highest BCUT2D eigenvalue weighted by Crippen LogP contribution is 2.26. The molecule has 1 aromatic carbocycles. The summed E-state index contributed by atoms with van der Waals surface area (Å²) in [4.78, 5) is 1.51. The molecule has 6 nitrogen and oxygen atoms in total. The molecular formula is C12H11ClN6. The molecule has 0 unspecified atom stereocenters. The fourth-order valence-corrected chi connectivity index (χ4v) is 1.99. The Bertz CT molecular complexity index is 687. The first-order valence-corrected chi connectivity index (χ1v) is 6.24. The molecule has 0 N–H and O–H groups in total. The van der Waals surface area contributed by atoms with Gasteiger partial charge in [-0.2, -0.15) is 9.90 Å². The van der Waals surface area contributed by atoms with E-state index in [0.717, 1.165) is 5.69 Å². The monoisotopic (exact) mass is 274 g/mol. The molecule has 0 amide bonds. The Labute approximate surface area is 114 Å². The molecule has 7 heteroatoms. The third-order valence-corrected chi connectivity index (χ3v) is 3.05. The van der Waals surface area contributed by atoms with E-state index in [-0.39, 0.29) is 0 Å². The van der Waals surface area contributed by atoms with Gasteiger partial charge in [0, 0.05) is 0 Å². The first kappa shape index (κ1) is 11.9. The van der Waals surface area contributed by atoms with Crippen molar-refractivity contribution in [1.82, 2.24) is 30.0 Å². The molecule has 0 atom stereocenters. The summed E-state index contributed by atoms with van der Waals surface area (Å²) in [6.45, 7) is 2.61. The minimum atomic E-state index is 0.474. The van der Waals surface area contributed by atoms with Gasteiger partial charge in [0.25, 0.3) is 0 Å². The van der Waals surface area contributed by atoms with Crippen molar-refractivity contribution in [1.29, 1.82) is 0 Å². The van der Waals surface area contributed by atoms with Crippen LogP contribution in [0.4, 0.5) is 0 Å². The molecule has 0 aliphatic carbocycles. The Morgan fingerprint density at radius 2 is 2.00 bits per heavy atom. The van der Waals surface area contributed by atoms with Crippen molar-refractivity contribution in [2.75, 3.05) is 0 Å². The molecule has 3 aromatic rings. The normalized spacial score (nSPS) is 10.8. The Morgan fingerprint density at radius 3 is 2.68 bits per heavy atom. The summed E-state index contributed by atoms with van der Waals surface area (Å²) < 4.78 is 1.64. The number of aromatic nitrogens is 6. The van der Waals surface area contributed by atoms with Crippen molar-refractivity contribution in [3.05, 3.63) is 41.7 Å². The van der Waals surface area contributed by atoms with E-state index in [9.17, 15) is 0 Å². The van der Waals surface area contributed by atoms with Gasteiger partial charge in [-0.15, -0.1) is 10.2 Å². The van der Waals surface area contributed by atoms with E-state index in [1.807, 2.05) is 37.3 Å². The van der Waals surface area contributed by atoms with Crippen molar-refractivity contribution in [3.63, 3.8) is 0 Å². The fraction of sp³-hybridized carbons (Fsp3) is 0.167. The van der Waals surface area contributed by atoms with E-state index in [4.69, 9.17) is 11.6 Å². The molecule has 0 saturated carbocycles. The first-order chi connectivity index (χ1) is 9.29. The molecular weight excluding hydrogens is 264 g/mol. The zero-order chi connectivity index (χ0) is 13.2. The predicted molar refractivity (Wildman–Crippen MR) is 71.1 cm³/mol. The van der Waals surface area contributed by atoms with Crippen LogP contribution in [0.3, 0.4) is 0 Å². The molecule has 0 bridgehead atoms. The second kappa shape index (κ2) is 4.81. The van der Waals surface area contributed by atoms with E-state index < -0.39 is 0 Å². The second-order valence-electron chi connectivity index (χ2n) is 3.90. The van der Waals surface area contributed by atoms with E-state index in [1.54, 1.807) is 10.9 Å². The van der Waals surface area contributed by atoms with Crippen LogP contribution >= 0.6 is 11.6 Å². The van der Waals surface area contributed by atoms with E-state index in [1.165, 1.54) is 4.80 Å². The van der Waals surface area contributed by atoms with Crippen LogP contribution in [0.25, 0.3) is 17.1 Å². The Balaban J connectivity index is 2.04. The van der Waals surface area contributed by atoms with Crippen molar-refractivity contribution in [3.8, 4) is 17.1 Å². The molecule has 0 saturated heterocycles. The number of halogens is 1. The predicted octanol–water partition coefficient (Wildman–Crippen LogP) is 2.20. The van der Waals surface area contributed by atoms with Gasteiger partial charge in [0.15, 0.2) is 0 Å². The summed E-state index contributed by atoms with van der Waals surface area (Å²) >= 11 is 6.33. The SMILES string of the molecule is CCn1nnc(-c2cnn(-c3ccccc3)c2Cl)n1. The number of tetrazole rings is 1. The summed E-state index contributed by atoms with van der Waals surface area (Å²) in [7, 11) is 0. The number of hydrogen-bond acceptors (Lipinski definition) is 4. The van der Waals surface area contributed by atoms with Gasteiger partial charge in [0.2, 0.25) is 5.82 Å². The quantitative estimate of drug-likeness (QED) is 0.735. The Hall–Kier alpha value is -2.21. The van der Waals surface area contributed by atoms with Gasteiger partial charge in [-0.25, -0.2) is 4.68 Å².